The molecule has 6 nitrogen and oxygen atoms in total. The first-order valence-corrected chi connectivity index (χ1v) is 8.31. The van der Waals surface area contributed by atoms with E-state index in [-0.39, 0.29) is 5.57 Å². The number of nitriles is 1. The Kier molecular flexibility index (Phi) is 9.30. The summed E-state index contributed by atoms with van der Waals surface area (Å²) < 4.78 is 10.1. The highest BCUT2D eigenvalue weighted by Crippen LogP contribution is 2.21. The van der Waals surface area contributed by atoms with Crippen LogP contribution in [0.3, 0.4) is 0 Å². The van der Waals surface area contributed by atoms with Crippen molar-refractivity contribution >= 4 is 11.6 Å². The number of rotatable bonds is 10. The van der Waals surface area contributed by atoms with Crippen molar-refractivity contribution in [1.29, 1.82) is 5.26 Å². The molecular weight excluding hydrogens is 318 g/mol. The highest BCUT2D eigenvalue weighted by atomic mass is 16.5. The molecule has 0 unspecified atom stereocenters. The summed E-state index contributed by atoms with van der Waals surface area (Å²) in [5.41, 5.74) is 2.84. The number of nitrogens with one attached hydrogen (secondary N) is 1. The number of carbonyl (C=O) groups excluding carboxylic acids is 1. The van der Waals surface area contributed by atoms with E-state index < -0.39 is 5.91 Å². The van der Waals surface area contributed by atoms with Gasteiger partial charge in [0, 0.05) is 39.2 Å². The lowest BCUT2D eigenvalue weighted by molar-refractivity contribution is -0.112. The Balaban J connectivity index is 2.97. The van der Waals surface area contributed by atoms with Crippen molar-refractivity contribution < 1.29 is 14.3 Å². The van der Waals surface area contributed by atoms with Gasteiger partial charge in [-0.2, -0.15) is 5.26 Å². The van der Waals surface area contributed by atoms with Crippen LogP contribution >= 0.6 is 0 Å². The fourth-order valence-corrected chi connectivity index (χ4v) is 2.36. The molecule has 0 aliphatic rings. The van der Waals surface area contributed by atoms with Gasteiger partial charge in [0.05, 0.1) is 13.2 Å². The van der Waals surface area contributed by atoms with E-state index in [4.69, 9.17) is 9.47 Å². The summed E-state index contributed by atoms with van der Waals surface area (Å²) in [6.45, 7) is 6.11. The molecule has 25 heavy (non-hydrogen) atoms. The number of methoxy groups -OCH3 is 2. The second-order valence-corrected chi connectivity index (χ2v) is 5.59. The second-order valence-electron chi connectivity index (χ2n) is 5.59. The molecule has 136 valence electrons. The SMILES string of the molecule is CCc1cccc(C)c1NC(=O)/C(C#N)=C\N(CCOC)CCOC. The van der Waals surface area contributed by atoms with E-state index in [1.165, 1.54) is 0 Å². The Morgan fingerprint density at radius 2 is 1.92 bits per heavy atom. The highest BCUT2D eigenvalue weighted by Gasteiger charge is 2.14. The van der Waals surface area contributed by atoms with Crippen LogP contribution in [0.2, 0.25) is 0 Å². The van der Waals surface area contributed by atoms with E-state index in [0.29, 0.717) is 26.3 Å². The van der Waals surface area contributed by atoms with Gasteiger partial charge in [0.25, 0.3) is 5.91 Å². The van der Waals surface area contributed by atoms with Crippen LogP contribution in [0.1, 0.15) is 18.1 Å². The zero-order valence-corrected chi connectivity index (χ0v) is 15.5. The first-order chi connectivity index (χ1) is 12.1. The lowest BCUT2D eigenvalue weighted by atomic mass is 10.1. The minimum atomic E-state index is -0.411. The molecule has 0 aromatic heterocycles. The topological polar surface area (TPSA) is 74.6 Å². The molecular formula is C19H27N3O3. The average molecular weight is 345 g/mol. The fraction of sp³-hybridized carbons (Fsp3) is 0.474. The number of anilines is 1. The third kappa shape index (κ3) is 6.57. The highest BCUT2D eigenvalue weighted by molar-refractivity contribution is 6.07. The summed E-state index contributed by atoms with van der Waals surface area (Å²) in [4.78, 5) is 14.4. The second kappa shape index (κ2) is 11.2. The molecule has 0 radical (unpaired) electrons. The Morgan fingerprint density at radius 1 is 1.28 bits per heavy atom. The van der Waals surface area contributed by atoms with Gasteiger partial charge in [0.1, 0.15) is 11.6 Å². The number of carbonyl (C=O) groups is 1. The Labute approximate surface area is 150 Å². The number of ether oxygens (including phenoxy) is 2. The summed E-state index contributed by atoms with van der Waals surface area (Å²) in [5.74, 6) is -0.411. The van der Waals surface area contributed by atoms with Crippen LogP contribution in [0.15, 0.2) is 30.0 Å². The smallest absolute Gasteiger partial charge is 0.267 e. The average Bonchev–Trinajstić information content (AvgIpc) is 2.62. The van der Waals surface area contributed by atoms with E-state index >= 15 is 0 Å². The van der Waals surface area contributed by atoms with Gasteiger partial charge < -0.3 is 19.7 Å². The maximum absolute atomic E-state index is 12.6. The van der Waals surface area contributed by atoms with Crippen LogP contribution in [-0.4, -0.2) is 51.3 Å². The summed E-state index contributed by atoms with van der Waals surface area (Å²) >= 11 is 0. The van der Waals surface area contributed by atoms with Crippen LogP contribution < -0.4 is 5.32 Å². The molecule has 0 aliphatic carbocycles. The standard InChI is InChI=1S/C19H27N3O3/c1-5-16-8-6-7-15(2)18(16)21-19(23)17(13-20)14-22(9-11-24-3)10-12-25-4/h6-8,14H,5,9-12H2,1-4H3,(H,21,23)/b17-14-. The van der Waals surface area contributed by atoms with Crippen molar-refractivity contribution in [2.24, 2.45) is 0 Å². The van der Waals surface area contributed by atoms with E-state index in [2.05, 4.69) is 5.32 Å². The van der Waals surface area contributed by atoms with Crippen LogP contribution in [0.4, 0.5) is 5.69 Å². The molecule has 0 spiro atoms. The van der Waals surface area contributed by atoms with E-state index in [0.717, 1.165) is 23.2 Å². The number of hydrogen-bond acceptors (Lipinski definition) is 5. The third-order valence-electron chi connectivity index (χ3n) is 3.82. The van der Waals surface area contributed by atoms with Crippen molar-refractivity contribution in [3.63, 3.8) is 0 Å². The largest absolute Gasteiger partial charge is 0.383 e. The number of para-hydroxylation sites is 1. The maximum atomic E-state index is 12.6. The Hall–Kier alpha value is -2.36. The fourth-order valence-electron chi connectivity index (χ4n) is 2.36. The lowest BCUT2D eigenvalue weighted by Gasteiger charge is -2.20. The van der Waals surface area contributed by atoms with Crippen molar-refractivity contribution in [3.05, 3.63) is 41.1 Å². The third-order valence-corrected chi connectivity index (χ3v) is 3.82. The lowest BCUT2D eigenvalue weighted by Crippen LogP contribution is -2.28. The molecule has 0 fully saturated rings. The van der Waals surface area contributed by atoms with Gasteiger partial charge in [-0.1, -0.05) is 25.1 Å². The molecule has 1 aromatic carbocycles. The summed E-state index contributed by atoms with van der Waals surface area (Å²) in [7, 11) is 3.22. The van der Waals surface area contributed by atoms with Gasteiger partial charge in [-0.25, -0.2) is 0 Å². The molecule has 0 saturated heterocycles. The van der Waals surface area contributed by atoms with Crippen molar-refractivity contribution in [1.82, 2.24) is 4.90 Å². The normalized spacial score (nSPS) is 11.1. The quantitative estimate of drug-likeness (QED) is 0.521. The first-order valence-electron chi connectivity index (χ1n) is 8.31. The number of amides is 1. The van der Waals surface area contributed by atoms with Gasteiger partial charge in [0.15, 0.2) is 0 Å². The van der Waals surface area contributed by atoms with Gasteiger partial charge >= 0.3 is 0 Å². The molecule has 0 saturated carbocycles. The number of benzene rings is 1. The van der Waals surface area contributed by atoms with Crippen molar-refractivity contribution in [3.8, 4) is 6.07 Å². The molecule has 1 rings (SSSR count). The van der Waals surface area contributed by atoms with Crippen LogP contribution in [0.25, 0.3) is 0 Å². The summed E-state index contributed by atoms with van der Waals surface area (Å²) in [6.07, 6.45) is 2.37. The van der Waals surface area contributed by atoms with E-state index in [1.54, 1.807) is 20.4 Å². The van der Waals surface area contributed by atoms with Gasteiger partial charge in [0.2, 0.25) is 0 Å². The van der Waals surface area contributed by atoms with Gasteiger partial charge in [-0.3, -0.25) is 4.79 Å². The van der Waals surface area contributed by atoms with E-state index in [9.17, 15) is 10.1 Å². The van der Waals surface area contributed by atoms with Crippen molar-refractivity contribution in [2.45, 2.75) is 20.3 Å². The zero-order chi connectivity index (χ0) is 18.7. The molecule has 1 N–H and O–H groups in total. The van der Waals surface area contributed by atoms with Gasteiger partial charge in [-0.15, -0.1) is 0 Å². The molecule has 0 atom stereocenters. The maximum Gasteiger partial charge on any atom is 0.267 e. The van der Waals surface area contributed by atoms with Crippen LogP contribution in [-0.2, 0) is 20.7 Å². The number of aryl methyl sites for hydroxylation is 2. The molecule has 0 heterocycles. The predicted molar refractivity (Wildman–Crippen MR) is 98.2 cm³/mol. The van der Waals surface area contributed by atoms with Crippen LogP contribution in [0, 0.1) is 18.3 Å². The van der Waals surface area contributed by atoms with Crippen molar-refractivity contribution in [2.75, 3.05) is 45.8 Å². The number of nitrogens with zero attached hydrogens (tertiary/aromatic N) is 2. The zero-order valence-electron chi connectivity index (χ0n) is 15.5. The van der Waals surface area contributed by atoms with E-state index in [1.807, 2.05) is 43.0 Å². The minimum Gasteiger partial charge on any atom is -0.383 e. The molecule has 0 bridgehead atoms. The monoisotopic (exact) mass is 345 g/mol. The molecule has 6 heteroatoms. The summed E-state index contributed by atoms with van der Waals surface area (Å²) in [5, 5.41) is 12.3. The Morgan fingerprint density at radius 3 is 2.44 bits per heavy atom. The molecule has 1 aromatic rings. The molecule has 1 amide bonds. The Bertz CT molecular complexity index is 627. The van der Waals surface area contributed by atoms with Gasteiger partial charge in [-0.05, 0) is 24.5 Å². The first kappa shape index (κ1) is 20.7. The molecule has 0 aliphatic heterocycles. The number of hydrogen-bond donors (Lipinski definition) is 1. The minimum absolute atomic E-state index is 0.0533. The van der Waals surface area contributed by atoms with Crippen LogP contribution in [0.5, 0.6) is 0 Å². The predicted octanol–water partition coefficient (Wildman–Crippen LogP) is 2.50. The summed E-state index contributed by atoms with van der Waals surface area (Å²) in [6, 6.07) is 7.86.